The Hall–Kier alpha value is -2.36. The number of nitrogens with zero attached hydrogens (tertiary/aromatic N) is 2. The van der Waals surface area contributed by atoms with Gasteiger partial charge in [0.15, 0.2) is 0 Å². The zero-order chi connectivity index (χ0) is 29.3. The maximum absolute atomic E-state index is 13.6. The molecule has 0 aromatic heterocycles. The first kappa shape index (κ1) is 31.6. The number of anilines is 1. The molecule has 11 heteroatoms. The normalized spacial score (nSPS) is 18.8. The predicted octanol–water partition coefficient (Wildman–Crippen LogP) is 5.92. The summed E-state index contributed by atoms with van der Waals surface area (Å²) in [6.07, 6.45) is 8.05. The third-order valence-electron chi connectivity index (χ3n) is 7.89. The Labute approximate surface area is 249 Å². The smallest absolute Gasteiger partial charge is 0.262 e. The van der Waals surface area contributed by atoms with Crippen molar-refractivity contribution < 1.29 is 23.0 Å². The summed E-state index contributed by atoms with van der Waals surface area (Å²) in [5.41, 5.74) is 4.79. The molecule has 222 valence electrons. The fourth-order valence-electron chi connectivity index (χ4n) is 5.31. The van der Waals surface area contributed by atoms with Crippen molar-refractivity contribution >= 4 is 35.3 Å². The van der Waals surface area contributed by atoms with E-state index < -0.39 is 11.4 Å². The lowest BCUT2D eigenvalue weighted by Crippen LogP contribution is -2.68. The number of carbonyl (C=O) groups excluding carboxylic acids is 1. The molecule has 41 heavy (non-hydrogen) atoms. The maximum Gasteiger partial charge on any atom is 0.262 e. The molecule has 2 heterocycles. The molecule has 5 rings (SSSR count). The summed E-state index contributed by atoms with van der Waals surface area (Å²) in [4.78, 5) is 16.5. The van der Waals surface area contributed by atoms with E-state index in [2.05, 4.69) is 9.62 Å². The van der Waals surface area contributed by atoms with Crippen molar-refractivity contribution in [3.8, 4) is 6.07 Å². The Kier molecular flexibility index (Phi) is 11.3. The van der Waals surface area contributed by atoms with Crippen LogP contribution >= 0.6 is 23.7 Å². The lowest BCUT2D eigenvalue weighted by Gasteiger charge is -2.55. The second-order valence-electron chi connectivity index (χ2n) is 10.8. The minimum absolute atomic E-state index is 0.0517. The minimum Gasteiger partial charge on any atom is -0.395 e. The van der Waals surface area contributed by atoms with Crippen LogP contribution in [-0.2, 0) is 14.3 Å². The molecule has 1 spiro atoms. The van der Waals surface area contributed by atoms with Gasteiger partial charge < -0.3 is 15.2 Å². The van der Waals surface area contributed by atoms with Crippen LogP contribution in [0.3, 0.4) is 0 Å². The molecule has 0 radical (unpaired) electrons. The molecule has 1 saturated carbocycles. The first-order valence-corrected chi connectivity index (χ1v) is 15.8. The summed E-state index contributed by atoms with van der Waals surface area (Å²) >= 11 is 2.77. The first-order valence-electron chi connectivity index (χ1n) is 14.0. The average Bonchev–Trinajstić information content (AvgIpc) is 2.94. The number of nitriles is 1. The molecule has 2 saturated heterocycles. The third kappa shape index (κ3) is 8.36. The number of likely N-dealkylation sites (tertiary alicyclic amines) is 1. The number of benzene rings is 2. The number of hydrogen-bond acceptors (Lipinski definition) is 8. The topological polar surface area (TPSA) is 101 Å². The molecule has 0 unspecified atom stereocenters. The summed E-state index contributed by atoms with van der Waals surface area (Å²) in [6.45, 7) is 4.42. The maximum atomic E-state index is 13.6. The van der Waals surface area contributed by atoms with E-state index in [1.165, 1.54) is 57.2 Å². The van der Waals surface area contributed by atoms with Gasteiger partial charge in [0.1, 0.15) is 23.3 Å². The number of ether oxygens (including phenoxy) is 2. The van der Waals surface area contributed by atoms with Crippen LogP contribution in [0.25, 0.3) is 0 Å². The fraction of sp³-hybridized carbons (Fsp3) is 0.533. The van der Waals surface area contributed by atoms with Crippen molar-refractivity contribution in [3.05, 3.63) is 53.6 Å². The molecule has 2 aliphatic heterocycles. The van der Waals surface area contributed by atoms with Gasteiger partial charge in [-0.3, -0.25) is 14.4 Å². The minimum atomic E-state index is -0.810. The number of nitrogens with two attached hydrogens (primary N) is 1. The quantitative estimate of drug-likeness (QED) is 0.149. The van der Waals surface area contributed by atoms with Crippen LogP contribution < -0.4 is 10.5 Å². The van der Waals surface area contributed by atoms with E-state index in [4.69, 9.17) is 20.5 Å². The average molecular weight is 605 g/mol. The second kappa shape index (κ2) is 14.7. The first-order chi connectivity index (χ1) is 19.8. The molecule has 0 atom stereocenters. The van der Waals surface area contributed by atoms with Gasteiger partial charge in [-0.2, -0.15) is 5.26 Å². The van der Waals surface area contributed by atoms with E-state index in [0.29, 0.717) is 17.7 Å². The largest absolute Gasteiger partial charge is 0.395 e. The van der Waals surface area contributed by atoms with E-state index in [9.17, 15) is 13.6 Å². The Morgan fingerprint density at radius 2 is 1.83 bits per heavy atom. The molecular weight excluding hydrogens is 566 g/mol. The van der Waals surface area contributed by atoms with Gasteiger partial charge in [-0.1, -0.05) is 19.3 Å². The van der Waals surface area contributed by atoms with Crippen LogP contribution in [0.1, 0.15) is 56.9 Å². The van der Waals surface area contributed by atoms with Gasteiger partial charge in [0.05, 0.1) is 23.5 Å². The Bertz CT molecular complexity index is 1210. The number of unbranched alkanes of at least 4 members (excludes halogenated alkanes) is 1. The van der Waals surface area contributed by atoms with Gasteiger partial charge in [0.2, 0.25) is 0 Å². The number of methoxy groups -OCH3 is 1. The number of carbonyl (C=O) groups is 1. The van der Waals surface area contributed by atoms with Crippen molar-refractivity contribution in [2.45, 2.75) is 72.4 Å². The molecule has 3 N–H and O–H groups in total. The molecular formula is C30H38F2N4O3S2. The Balaban J connectivity index is 0.000000191. The predicted molar refractivity (Wildman–Crippen MR) is 158 cm³/mol. The molecule has 0 bridgehead atoms. The van der Waals surface area contributed by atoms with Crippen LogP contribution in [0.15, 0.2) is 46.2 Å². The van der Waals surface area contributed by atoms with Crippen molar-refractivity contribution in [1.82, 2.24) is 9.62 Å². The third-order valence-corrected chi connectivity index (χ3v) is 9.75. The van der Waals surface area contributed by atoms with E-state index >= 15 is 0 Å². The molecule has 7 nitrogen and oxygen atoms in total. The summed E-state index contributed by atoms with van der Waals surface area (Å²) in [5.74, 6) is 0.0563. The van der Waals surface area contributed by atoms with Crippen molar-refractivity contribution in [3.63, 3.8) is 0 Å². The van der Waals surface area contributed by atoms with Crippen LogP contribution in [0, 0.1) is 23.0 Å². The fourth-order valence-corrected chi connectivity index (χ4v) is 6.96. The second-order valence-corrected chi connectivity index (χ2v) is 12.8. The van der Waals surface area contributed by atoms with Gasteiger partial charge in [-0.25, -0.2) is 8.78 Å². The lowest BCUT2D eigenvalue weighted by molar-refractivity contribution is -0.221. The van der Waals surface area contributed by atoms with Gasteiger partial charge in [0.25, 0.3) is 5.91 Å². The summed E-state index contributed by atoms with van der Waals surface area (Å²) in [5, 5.41) is 8.91. The van der Waals surface area contributed by atoms with Crippen molar-refractivity contribution in [1.29, 1.82) is 5.26 Å². The molecule has 2 aromatic carbocycles. The highest BCUT2D eigenvalue weighted by Gasteiger charge is 2.48. The van der Waals surface area contributed by atoms with Crippen LogP contribution in [0.5, 0.6) is 0 Å². The zero-order valence-electron chi connectivity index (χ0n) is 23.4. The lowest BCUT2D eigenvalue weighted by atomic mass is 9.84. The van der Waals surface area contributed by atoms with E-state index in [1.54, 1.807) is 0 Å². The molecule has 3 aliphatic rings. The number of amides is 1. The molecule has 2 aromatic rings. The van der Waals surface area contributed by atoms with Gasteiger partial charge in [0, 0.05) is 36.4 Å². The number of halogens is 2. The van der Waals surface area contributed by atoms with Crippen molar-refractivity contribution in [2.75, 3.05) is 44.8 Å². The number of rotatable bonds is 10. The SMILES string of the molecule is COC1(C(=O)NSc2cc(F)c(N)c(C#N)c2)CCCCC1.Fc1ccc(SCCCCN2CC3(CCO3)C2)cc1. The zero-order valence-corrected chi connectivity index (χ0v) is 25.1. The summed E-state index contributed by atoms with van der Waals surface area (Å²) in [7, 11) is 1.53. The van der Waals surface area contributed by atoms with Gasteiger partial charge in [-0.05, 0) is 86.3 Å². The highest BCUT2D eigenvalue weighted by Crippen LogP contribution is 2.36. The van der Waals surface area contributed by atoms with E-state index in [-0.39, 0.29) is 28.6 Å². The Morgan fingerprint density at radius 3 is 2.44 bits per heavy atom. The van der Waals surface area contributed by atoms with Crippen LogP contribution in [-0.4, -0.2) is 61.1 Å². The number of hydrogen-bond donors (Lipinski definition) is 2. The number of nitrogen functional groups attached to an aromatic ring is 1. The molecule has 1 amide bonds. The highest BCUT2D eigenvalue weighted by molar-refractivity contribution is 7.99. The Morgan fingerprint density at radius 1 is 1.12 bits per heavy atom. The van der Waals surface area contributed by atoms with Gasteiger partial charge in [-0.15, -0.1) is 11.8 Å². The molecule has 1 aliphatic carbocycles. The van der Waals surface area contributed by atoms with Gasteiger partial charge >= 0.3 is 0 Å². The number of nitrogens with one attached hydrogen (secondary N) is 1. The highest BCUT2D eigenvalue weighted by atomic mass is 32.2. The van der Waals surface area contributed by atoms with E-state index in [0.717, 1.165) is 61.6 Å². The van der Waals surface area contributed by atoms with E-state index in [1.807, 2.05) is 30.0 Å². The molecule has 3 fully saturated rings. The van der Waals surface area contributed by atoms with Crippen molar-refractivity contribution in [2.24, 2.45) is 0 Å². The summed E-state index contributed by atoms with van der Waals surface area (Å²) in [6, 6.07) is 11.2. The number of thioether (sulfide) groups is 1. The standard InChI is InChI=1S/C15H18FN3O2S.C15H20FNOS/c1-21-15(5-3-2-4-6-15)14(20)19-22-11-7-10(9-17)13(18)12(16)8-11;16-13-3-5-14(6-4-13)19-10-2-1-8-17-11-15(12-17)7-9-18-15/h7-8H,2-6,18H2,1H3,(H,19,20);3-6H,1-2,7-12H2. The summed E-state index contributed by atoms with van der Waals surface area (Å²) < 4.78 is 40.1. The van der Waals surface area contributed by atoms with Crippen LogP contribution in [0.2, 0.25) is 0 Å². The monoisotopic (exact) mass is 604 g/mol. The van der Waals surface area contributed by atoms with Crippen LogP contribution in [0.4, 0.5) is 14.5 Å².